The van der Waals surface area contributed by atoms with Gasteiger partial charge >= 0.3 is 0 Å². The van der Waals surface area contributed by atoms with Crippen molar-refractivity contribution in [1.82, 2.24) is 0 Å². The number of benzene rings is 5. The minimum atomic E-state index is 0.764. The average Bonchev–Trinajstić information content (AvgIpc) is 2.94. The first-order valence-corrected chi connectivity index (χ1v) is 11.7. The van der Waals surface area contributed by atoms with Gasteiger partial charge in [0.2, 0.25) is 0 Å². The van der Waals surface area contributed by atoms with Gasteiger partial charge in [0.05, 0.1) is 5.69 Å². The molecule has 5 rings (SSSR count). The molecular formula is C33H26N2. The maximum atomic E-state index is 5.10. The standard InChI is InChI=1S/C33H26N2/c1-4-14-26(15-5-1)24-25-33(34-31-22-12-10-20-29(31)27-16-6-2-7-17-27)35-32-23-13-11-21-30(32)28-18-8-3-9-19-28/h1-25H,(H,34,35)/b25-24+. The quantitative estimate of drug-likeness (QED) is 0.203. The van der Waals surface area contributed by atoms with E-state index in [1.807, 2.05) is 48.5 Å². The highest BCUT2D eigenvalue weighted by molar-refractivity contribution is 6.09. The molecule has 0 bridgehead atoms. The molecule has 168 valence electrons. The van der Waals surface area contributed by atoms with Crippen LogP contribution < -0.4 is 5.32 Å². The summed E-state index contributed by atoms with van der Waals surface area (Å²) in [7, 11) is 0. The van der Waals surface area contributed by atoms with Crippen LogP contribution in [0.1, 0.15) is 5.56 Å². The van der Waals surface area contributed by atoms with E-state index in [0.29, 0.717) is 0 Å². The van der Waals surface area contributed by atoms with Crippen LogP contribution in [-0.4, -0.2) is 5.84 Å². The van der Waals surface area contributed by atoms with Crippen LogP contribution in [0, 0.1) is 0 Å². The molecular weight excluding hydrogens is 424 g/mol. The van der Waals surface area contributed by atoms with E-state index >= 15 is 0 Å². The van der Waals surface area contributed by atoms with E-state index in [9.17, 15) is 0 Å². The number of anilines is 1. The molecule has 0 radical (unpaired) electrons. The highest BCUT2D eigenvalue weighted by Gasteiger charge is 2.08. The summed E-state index contributed by atoms with van der Waals surface area (Å²) in [6.07, 6.45) is 4.13. The van der Waals surface area contributed by atoms with Gasteiger partial charge in [-0.3, -0.25) is 0 Å². The molecule has 0 amide bonds. The summed E-state index contributed by atoms with van der Waals surface area (Å²) < 4.78 is 0. The summed E-state index contributed by atoms with van der Waals surface area (Å²) in [5.41, 5.74) is 7.56. The predicted molar refractivity (Wildman–Crippen MR) is 150 cm³/mol. The lowest BCUT2D eigenvalue weighted by molar-refractivity contribution is 1.48. The van der Waals surface area contributed by atoms with Gasteiger partial charge in [-0.25, -0.2) is 4.99 Å². The van der Waals surface area contributed by atoms with Crippen molar-refractivity contribution in [3.05, 3.63) is 151 Å². The van der Waals surface area contributed by atoms with Crippen molar-refractivity contribution in [2.45, 2.75) is 0 Å². The molecule has 0 saturated carbocycles. The normalized spacial score (nSPS) is 11.5. The largest absolute Gasteiger partial charge is 0.340 e. The highest BCUT2D eigenvalue weighted by Crippen LogP contribution is 2.31. The van der Waals surface area contributed by atoms with Crippen LogP contribution in [0.2, 0.25) is 0 Å². The van der Waals surface area contributed by atoms with Gasteiger partial charge in [0, 0.05) is 16.8 Å². The van der Waals surface area contributed by atoms with Gasteiger partial charge in [-0.05, 0) is 34.9 Å². The van der Waals surface area contributed by atoms with Crippen molar-refractivity contribution in [1.29, 1.82) is 0 Å². The van der Waals surface area contributed by atoms with Gasteiger partial charge in [0.1, 0.15) is 5.84 Å². The fourth-order valence-corrected chi connectivity index (χ4v) is 4.01. The molecule has 0 aliphatic carbocycles. The van der Waals surface area contributed by atoms with Gasteiger partial charge < -0.3 is 5.32 Å². The smallest absolute Gasteiger partial charge is 0.131 e. The van der Waals surface area contributed by atoms with Crippen molar-refractivity contribution < 1.29 is 0 Å². The molecule has 0 saturated heterocycles. The summed E-state index contributed by atoms with van der Waals surface area (Å²) in [5.74, 6) is 0.764. The van der Waals surface area contributed by atoms with Crippen molar-refractivity contribution in [3.63, 3.8) is 0 Å². The topological polar surface area (TPSA) is 24.4 Å². The zero-order valence-electron chi connectivity index (χ0n) is 19.4. The zero-order valence-corrected chi connectivity index (χ0v) is 19.4. The molecule has 0 heterocycles. The van der Waals surface area contributed by atoms with E-state index in [1.165, 1.54) is 0 Å². The second-order valence-corrected chi connectivity index (χ2v) is 8.16. The second-order valence-electron chi connectivity index (χ2n) is 8.16. The van der Waals surface area contributed by atoms with Crippen molar-refractivity contribution in [2.75, 3.05) is 5.32 Å². The predicted octanol–water partition coefficient (Wildman–Crippen LogP) is 8.88. The van der Waals surface area contributed by atoms with E-state index in [0.717, 1.165) is 45.0 Å². The molecule has 5 aromatic carbocycles. The van der Waals surface area contributed by atoms with Crippen molar-refractivity contribution in [2.24, 2.45) is 4.99 Å². The molecule has 5 aromatic rings. The van der Waals surface area contributed by atoms with Gasteiger partial charge in [0.15, 0.2) is 0 Å². The third-order valence-corrected chi connectivity index (χ3v) is 5.74. The molecule has 0 atom stereocenters. The number of hydrogen-bond acceptors (Lipinski definition) is 1. The SMILES string of the molecule is C(=C\c1ccccc1)/C(=Nc1ccccc1-c1ccccc1)Nc1ccccc1-c1ccccc1. The Morgan fingerprint density at radius 3 is 1.71 bits per heavy atom. The van der Waals surface area contributed by atoms with E-state index in [1.54, 1.807) is 0 Å². The Morgan fingerprint density at radius 2 is 1.03 bits per heavy atom. The van der Waals surface area contributed by atoms with Crippen molar-refractivity contribution in [3.8, 4) is 22.3 Å². The third kappa shape index (κ3) is 5.63. The molecule has 2 heteroatoms. The average molecular weight is 451 g/mol. The van der Waals surface area contributed by atoms with Crippen LogP contribution in [0.15, 0.2) is 151 Å². The van der Waals surface area contributed by atoms with E-state index in [-0.39, 0.29) is 0 Å². The lowest BCUT2D eigenvalue weighted by atomic mass is 10.0. The number of para-hydroxylation sites is 2. The lowest BCUT2D eigenvalue weighted by Crippen LogP contribution is -2.09. The Morgan fingerprint density at radius 1 is 0.514 bits per heavy atom. The Bertz CT molecular complexity index is 1440. The first kappa shape index (κ1) is 22.1. The number of rotatable bonds is 6. The minimum absolute atomic E-state index is 0.764. The monoisotopic (exact) mass is 450 g/mol. The van der Waals surface area contributed by atoms with Crippen LogP contribution in [0.3, 0.4) is 0 Å². The maximum absolute atomic E-state index is 5.10. The Kier molecular flexibility index (Phi) is 6.92. The van der Waals surface area contributed by atoms with Crippen molar-refractivity contribution >= 4 is 23.3 Å². The number of aliphatic imine (C=N–C) groups is 1. The Balaban J connectivity index is 1.58. The second kappa shape index (κ2) is 11.0. The van der Waals surface area contributed by atoms with Gasteiger partial charge in [-0.15, -0.1) is 0 Å². The molecule has 0 fully saturated rings. The van der Waals surface area contributed by atoms with Gasteiger partial charge in [0.25, 0.3) is 0 Å². The molecule has 0 spiro atoms. The molecule has 2 nitrogen and oxygen atoms in total. The summed E-state index contributed by atoms with van der Waals surface area (Å²) in [6.45, 7) is 0. The summed E-state index contributed by atoms with van der Waals surface area (Å²) in [6, 6.07) is 47.7. The van der Waals surface area contributed by atoms with Crippen LogP contribution in [0.4, 0.5) is 11.4 Å². The van der Waals surface area contributed by atoms with Crippen LogP contribution in [0.5, 0.6) is 0 Å². The van der Waals surface area contributed by atoms with Gasteiger partial charge in [-0.1, -0.05) is 133 Å². The van der Waals surface area contributed by atoms with Gasteiger partial charge in [-0.2, -0.15) is 0 Å². The van der Waals surface area contributed by atoms with E-state index in [2.05, 4.69) is 108 Å². The van der Waals surface area contributed by atoms with Crippen LogP contribution >= 0.6 is 0 Å². The first-order valence-electron chi connectivity index (χ1n) is 11.7. The van der Waals surface area contributed by atoms with E-state index < -0.39 is 0 Å². The summed E-state index contributed by atoms with van der Waals surface area (Å²) in [4.78, 5) is 5.10. The number of nitrogens with zero attached hydrogens (tertiary/aromatic N) is 1. The molecule has 1 N–H and O–H groups in total. The Labute approximate surface area is 207 Å². The first-order chi connectivity index (χ1) is 17.4. The summed E-state index contributed by atoms with van der Waals surface area (Å²) in [5, 5.41) is 3.61. The molecule has 0 unspecified atom stereocenters. The maximum Gasteiger partial charge on any atom is 0.131 e. The lowest BCUT2D eigenvalue weighted by Gasteiger charge is -2.14. The number of amidine groups is 1. The Hall–Kier alpha value is -4.69. The zero-order chi connectivity index (χ0) is 23.7. The molecule has 35 heavy (non-hydrogen) atoms. The van der Waals surface area contributed by atoms with E-state index in [4.69, 9.17) is 4.99 Å². The molecule has 0 aromatic heterocycles. The number of nitrogens with one attached hydrogen (secondary N) is 1. The molecule has 0 aliphatic rings. The van der Waals surface area contributed by atoms with Crippen LogP contribution in [0.25, 0.3) is 28.3 Å². The minimum Gasteiger partial charge on any atom is -0.340 e. The molecule has 0 aliphatic heterocycles. The highest BCUT2D eigenvalue weighted by atomic mass is 15.0. The fraction of sp³-hybridized carbons (Fsp3) is 0. The number of hydrogen-bond donors (Lipinski definition) is 1. The van der Waals surface area contributed by atoms with Crippen LogP contribution in [-0.2, 0) is 0 Å². The fourth-order valence-electron chi connectivity index (χ4n) is 4.01. The summed E-state index contributed by atoms with van der Waals surface area (Å²) >= 11 is 0. The third-order valence-electron chi connectivity index (χ3n) is 5.74.